The Morgan fingerprint density at radius 3 is 1.96 bits per heavy atom. The van der Waals surface area contributed by atoms with E-state index < -0.39 is 9.85 Å². The van der Waals surface area contributed by atoms with Gasteiger partial charge in [-0.2, -0.15) is 0 Å². The van der Waals surface area contributed by atoms with Crippen LogP contribution in [0.5, 0.6) is 0 Å². The van der Waals surface area contributed by atoms with Crippen LogP contribution in [-0.4, -0.2) is 45.5 Å². The molecule has 3 rings (SSSR count). The Morgan fingerprint density at radius 2 is 1.52 bits per heavy atom. The Bertz CT molecular complexity index is 912. The first-order chi connectivity index (χ1) is 12.8. The topological polar surface area (TPSA) is 119 Å². The standard InChI is InChI=1S/C15H14Cl2N6O4/c1-9-8-20(14-12(16)4-10(6-18-14)22(24)25)2-3-21(9)15-13(17)5-11(7-19-15)23(26)27/h4-7,9H,2-3,8H2,1H3. The van der Waals surface area contributed by atoms with E-state index in [2.05, 4.69) is 9.97 Å². The fourth-order valence-electron chi connectivity index (χ4n) is 2.95. The average molecular weight is 413 g/mol. The van der Waals surface area contributed by atoms with Gasteiger partial charge in [0.2, 0.25) is 0 Å². The molecule has 2 aromatic heterocycles. The van der Waals surface area contributed by atoms with Crippen molar-refractivity contribution in [3.63, 3.8) is 0 Å². The lowest BCUT2D eigenvalue weighted by molar-refractivity contribution is -0.385. The van der Waals surface area contributed by atoms with Crippen LogP contribution in [0.4, 0.5) is 23.0 Å². The van der Waals surface area contributed by atoms with Crippen LogP contribution in [0.3, 0.4) is 0 Å². The lowest BCUT2D eigenvalue weighted by Crippen LogP contribution is -2.52. The van der Waals surface area contributed by atoms with Crippen molar-refractivity contribution in [1.82, 2.24) is 9.97 Å². The number of halogens is 2. The Kier molecular flexibility index (Phi) is 5.29. The van der Waals surface area contributed by atoms with E-state index in [4.69, 9.17) is 23.2 Å². The van der Waals surface area contributed by atoms with E-state index in [-0.39, 0.29) is 27.5 Å². The molecule has 12 heteroatoms. The van der Waals surface area contributed by atoms with Crippen molar-refractivity contribution < 1.29 is 9.85 Å². The van der Waals surface area contributed by atoms with Crippen LogP contribution in [0.25, 0.3) is 0 Å². The predicted molar refractivity (Wildman–Crippen MR) is 101 cm³/mol. The molecule has 3 heterocycles. The summed E-state index contributed by atoms with van der Waals surface area (Å²) < 4.78 is 0. The molecule has 1 aliphatic rings. The second kappa shape index (κ2) is 7.49. The lowest BCUT2D eigenvalue weighted by atomic mass is 10.2. The summed E-state index contributed by atoms with van der Waals surface area (Å²) in [6, 6.07) is 2.51. The van der Waals surface area contributed by atoms with E-state index in [1.54, 1.807) is 0 Å². The molecule has 0 spiro atoms. The molecule has 0 aliphatic carbocycles. The van der Waals surface area contributed by atoms with Crippen molar-refractivity contribution in [1.29, 1.82) is 0 Å². The maximum atomic E-state index is 10.8. The minimum atomic E-state index is -0.550. The molecule has 0 N–H and O–H groups in total. The van der Waals surface area contributed by atoms with Crippen LogP contribution >= 0.6 is 23.2 Å². The van der Waals surface area contributed by atoms with Crippen LogP contribution in [0.2, 0.25) is 10.0 Å². The third-order valence-corrected chi connectivity index (χ3v) is 4.79. The third-order valence-electron chi connectivity index (χ3n) is 4.24. The van der Waals surface area contributed by atoms with Gasteiger partial charge in [-0.3, -0.25) is 20.2 Å². The first kappa shape index (κ1) is 19.1. The zero-order valence-electron chi connectivity index (χ0n) is 14.1. The Morgan fingerprint density at radius 1 is 1.00 bits per heavy atom. The van der Waals surface area contributed by atoms with Gasteiger partial charge < -0.3 is 9.80 Å². The predicted octanol–water partition coefficient (Wildman–Crippen LogP) is 3.31. The van der Waals surface area contributed by atoms with Gasteiger partial charge in [-0.05, 0) is 6.92 Å². The summed E-state index contributed by atoms with van der Waals surface area (Å²) in [5, 5.41) is 22.1. The third kappa shape index (κ3) is 3.86. The van der Waals surface area contributed by atoms with Crippen molar-refractivity contribution in [2.45, 2.75) is 13.0 Å². The number of aromatic nitrogens is 2. The van der Waals surface area contributed by atoms with Crippen LogP contribution in [0.1, 0.15) is 6.92 Å². The van der Waals surface area contributed by atoms with E-state index in [1.807, 2.05) is 16.7 Å². The molecule has 2 aromatic rings. The molecule has 1 unspecified atom stereocenters. The number of rotatable bonds is 4. The molecule has 0 bridgehead atoms. The molecule has 10 nitrogen and oxygen atoms in total. The number of piperazine rings is 1. The van der Waals surface area contributed by atoms with Crippen molar-refractivity contribution in [3.05, 3.63) is 54.8 Å². The second-order valence-electron chi connectivity index (χ2n) is 6.00. The monoisotopic (exact) mass is 412 g/mol. The zero-order valence-corrected chi connectivity index (χ0v) is 15.6. The molecule has 1 atom stereocenters. The van der Waals surface area contributed by atoms with Gasteiger partial charge in [0.1, 0.15) is 24.0 Å². The highest BCUT2D eigenvalue weighted by Gasteiger charge is 2.29. The fraction of sp³-hybridized carbons (Fsp3) is 0.333. The molecular weight excluding hydrogens is 399 g/mol. The summed E-state index contributed by atoms with van der Waals surface area (Å²) in [5.41, 5.74) is -0.339. The maximum absolute atomic E-state index is 10.8. The summed E-state index contributed by atoms with van der Waals surface area (Å²) in [6.07, 6.45) is 2.35. The van der Waals surface area contributed by atoms with E-state index in [0.717, 1.165) is 0 Å². The van der Waals surface area contributed by atoms with Gasteiger partial charge in [-0.25, -0.2) is 9.97 Å². The molecule has 1 aliphatic heterocycles. The van der Waals surface area contributed by atoms with Crippen LogP contribution in [-0.2, 0) is 0 Å². The van der Waals surface area contributed by atoms with Crippen LogP contribution in [0.15, 0.2) is 24.5 Å². The summed E-state index contributed by atoms with van der Waals surface area (Å²) in [6.45, 7) is 3.54. The summed E-state index contributed by atoms with van der Waals surface area (Å²) in [5.74, 6) is 0.939. The molecule has 1 saturated heterocycles. The maximum Gasteiger partial charge on any atom is 0.289 e. The minimum absolute atomic E-state index is 0.0433. The summed E-state index contributed by atoms with van der Waals surface area (Å²) in [7, 11) is 0. The van der Waals surface area contributed by atoms with E-state index in [0.29, 0.717) is 31.3 Å². The Hall–Kier alpha value is -2.72. The van der Waals surface area contributed by atoms with Gasteiger partial charge in [0.25, 0.3) is 11.4 Å². The molecule has 0 aromatic carbocycles. The molecular formula is C15H14Cl2N6O4. The van der Waals surface area contributed by atoms with Gasteiger partial charge in [0, 0.05) is 37.8 Å². The Balaban J connectivity index is 1.78. The van der Waals surface area contributed by atoms with Crippen molar-refractivity contribution in [2.24, 2.45) is 0 Å². The van der Waals surface area contributed by atoms with Crippen LogP contribution < -0.4 is 9.80 Å². The van der Waals surface area contributed by atoms with Crippen molar-refractivity contribution in [3.8, 4) is 0 Å². The van der Waals surface area contributed by atoms with E-state index in [1.165, 1.54) is 24.5 Å². The minimum Gasteiger partial charge on any atom is -0.352 e. The first-order valence-electron chi connectivity index (χ1n) is 7.89. The second-order valence-corrected chi connectivity index (χ2v) is 6.81. The van der Waals surface area contributed by atoms with Crippen molar-refractivity contribution in [2.75, 3.05) is 29.4 Å². The van der Waals surface area contributed by atoms with Crippen LogP contribution in [0, 0.1) is 20.2 Å². The fourth-order valence-corrected chi connectivity index (χ4v) is 3.50. The molecule has 1 fully saturated rings. The molecule has 142 valence electrons. The van der Waals surface area contributed by atoms with Gasteiger partial charge >= 0.3 is 0 Å². The highest BCUT2D eigenvalue weighted by atomic mass is 35.5. The number of pyridine rings is 2. The smallest absolute Gasteiger partial charge is 0.289 e. The number of anilines is 2. The zero-order chi connectivity index (χ0) is 19.7. The quantitative estimate of drug-likeness (QED) is 0.553. The highest BCUT2D eigenvalue weighted by molar-refractivity contribution is 6.33. The first-order valence-corrected chi connectivity index (χ1v) is 8.65. The Labute approximate surface area is 163 Å². The largest absolute Gasteiger partial charge is 0.352 e. The van der Waals surface area contributed by atoms with Crippen molar-refractivity contribution >= 4 is 46.2 Å². The molecule has 0 radical (unpaired) electrons. The van der Waals surface area contributed by atoms with E-state index in [9.17, 15) is 20.2 Å². The molecule has 27 heavy (non-hydrogen) atoms. The highest BCUT2D eigenvalue weighted by Crippen LogP contribution is 2.32. The molecule has 0 amide bonds. The molecule has 0 saturated carbocycles. The summed E-state index contributed by atoms with van der Waals surface area (Å²) >= 11 is 12.3. The number of hydrogen-bond acceptors (Lipinski definition) is 8. The number of hydrogen-bond donors (Lipinski definition) is 0. The average Bonchev–Trinajstić information content (AvgIpc) is 2.61. The number of nitrogens with zero attached hydrogens (tertiary/aromatic N) is 6. The van der Waals surface area contributed by atoms with Gasteiger partial charge in [-0.15, -0.1) is 0 Å². The lowest BCUT2D eigenvalue weighted by Gasteiger charge is -2.41. The van der Waals surface area contributed by atoms with Gasteiger partial charge in [0.05, 0.1) is 19.9 Å². The van der Waals surface area contributed by atoms with Gasteiger partial charge in [-0.1, -0.05) is 23.2 Å². The number of nitro groups is 2. The SMILES string of the molecule is CC1CN(c2ncc([N+](=O)[O-])cc2Cl)CCN1c1ncc([N+](=O)[O-])cc1Cl. The normalized spacial score (nSPS) is 17.1. The van der Waals surface area contributed by atoms with Gasteiger partial charge in [0.15, 0.2) is 0 Å². The van der Waals surface area contributed by atoms with E-state index >= 15 is 0 Å². The summed E-state index contributed by atoms with van der Waals surface area (Å²) in [4.78, 5) is 32.7.